The first-order chi connectivity index (χ1) is 6.68. The summed E-state index contributed by atoms with van der Waals surface area (Å²) in [5, 5.41) is 9.52. The molecule has 4 nitrogen and oxygen atoms in total. The molecule has 1 aromatic heterocycles. The number of nitrogens with one attached hydrogen (secondary N) is 1. The molecular formula is C9H7ClN2O2. The molecule has 2 aromatic rings. The van der Waals surface area contributed by atoms with E-state index in [2.05, 4.69) is 4.98 Å². The number of aromatic hydroxyl groups is 1. The average molecular weight is 211 g/mol. The number of imidazole rings is 1. The fourth-order valence-electron chi connectivity index (χ4n) is 1.21. The molecule has 2 rings (SSSR count). The van der Waals surface area contributed by atoms with Crippen LogP contribution < -0.4 is 5.69 Å². The number of hydrogen-bond donors (Lipinski definition) is 2. The van der Waals surface area contributed by atoms with Gasteiger partial charge in [-0.2, -0.15) is 0 Å². The van der Waals surface area contributed by atoms with Gasteiger partial charge in [-0.1, -0.05) is 23.7 Å². The first kappa shape index (κ1) is 8.90. The Hall–Kier alpha value is -1.68. The van der Waals surface area contributed by atoms with Crippen molar-refractivity contribution in [1.29, 1.82) is 0 Å². The molecule has 14 heavy (non-hydrogen) atoms. The smallest absolute Gasteiger partial charge is 0.333 e. The van der Waals surface area contributed by atoms with Crippen LogP contribution in [0.25, 0.3) is 5.69 Å². The van der Waals surface area contributed by atoms with Crippen LogP contribution in [-0.4, -0.2) is 14.7 Å². The van der Waals surface area contributed by atoms with E-state index in [4.69, 9.17) is 16.7 Å². The first-order valence-corrected chi connectivity index (χ1v) is 4.32. The summed E-state index contributed by atoms with van der Waals surface area (Å²) in [6.45, 7) is 0. The molecular weight excluding hydrogens is 204 g/mol. The summed E-state index contributed by atoms with van der Waals surface area (Å²) in [5.74, 6) is -0.185. The van der Waals surface area contributed by atoms with Crippen molar-refractivity contribution in [3.8, 4) is 11.6 Å². The summed E-state index contributed by atoms with van der Waals surface area (Å²) in [6.07, 6.45) is 1.28. The third-order valence-corrected chi connectivity index (χ3v) is 2.14. The van der Waals surface area contributed by atoms with Gasteiger partial charge in [0, 0.05) is 0 Å². The maximum absolute atomic E-state index is 11.3. The van der Waals surface area contributed by atoms with Crippen molar-refractivity contribution in [1.82, 2.24) is 9.55 Å². The number of hydrogen-bond acceptors (Lipinski definition) is 2. The van der Waals surface area contributed by atoms with Crippen LogP contribution in [0.1, 0.15) is 0 Å². The van der Waals surface area contributed by atoms with Crippen molar-refractivity contribution in [3.63, 3.8) is 0 Å². The van der Waals surface area contributed by atoms with Gasteiger partial charge in [0.25, 0.3) is 0 Å². The van der Waals surface area contributed by atoms with Crippen molar-refractivity contribution in [2.24, 2.45) is 0 Å². The van der Waals surface area contributed by atoms with Gasteiger partial charge in [-0.25, -0.2) is 4.79 Å². The van der Waals surface area contributed by atoms with Crippen LogP contribution in [-0.2, 0) is 0 Å². The summed E-state index contributed by atoms with van der Waals surface area (Å²) in [4.78, 5) is 13.5. The highest BCUT2D eigenvalue weighted by Crippen LogP contribution is 2.18. The minimum atomic E-state index is -0.421. The molecule has 0 amide bonds. The summed E-state index contributed by atoms with van der Waals surface area (Å²) in [7, 11) is 0. The SMILES string of the molecule is O=c1[nH]c(O)cn1-c1ccccc1Cl. The lowest BCUT2D eigenvalue weighted by atomic mass is 10.3. The molecule has 0 spiro atoms. The molecule has 1 aromatic carbocycles. The largest absolute Gasteiger partial charge is 0.493 e. The fourth-order valence-corrected chi connectivity index (χ4v) is 1.44. The lowest BCUT2D eigenvalue weighted by Crippen LogP contribution is -2.14. The van der Waals surface area contributed by atoms with Gasteiger partial charge in [-0.05, 0) is 12.1 Å². The molecule has 0 atom stereocenters. The molecule has 0 aliphatic carbocycles. The van der Waals surface area contributed by atoms with E-state index in [1.54, 1.807) is 24.3 Å². The van der Waals surface area contributed by atoms with E-state index in [0.29, 0.717) is 10.7 Å². The van der Waals surface area contributed by atoms with Crippen LogP contribution in [0.2, 0.25) is 5.02 Å². The number of rotatable bonds is 1. The Balaban J connectivity index is 2.66. The van der Waals surface area contributed by atoms with E-state index >= 15 is 0 Å². The van der Waals surface area contributed by atoms with E-state index in [-0.39, 0.29) is 5.88 Å². The van der Waals surface area contributed by atoms with Crippen LogP contribution in [0.4, 0.5) is 0 Å². The maximum Gasteiger partial charge on any atom is 0.333 e. The zero-order valence-corrected chi connectivity index (χ0v) is 7.82. The molecule has 5 heteroatoms. The van der Waals surface area contributed by atoms with E-state index in [1.165, 1.54) is 10.8 Å². The van der Waals surface area contributed by atoms with Crippen LogP contribution >= 0.6 is 11.6 Å². The van der Waals surface area contributed by atoms with Crippen LogP contribution in [0.15, 0.2) is 35.3 Å². The average Bonchev–Trinajstić information content (AvgIpc) is 2.46. The lowest BCUT2D eigenvalue weighted by molar-refractivity contribution is 0.455. The Labute approximate surface area is 84.4 Å². The zero-order chi connectivity index (χ0) is 10.1. The number of aromatic amines is 1. The molecule has 0 aliphatic rings. The molecule has 0 fully saturated rings. The summed E-state index contributed by atoms with van der Waals surface area (Å²) in [6, 6.07) is 6.89. The second-order valence-corrected chi connectivity index (χ2v) is 3.17. The normalized spacial score (nSPS) is 10.4. The van der Waals surface area contributed by atoms with Crippen molar-refractivity contribution < 1.29 is 5.11 Å². The van der Waals surface area contributed by atoms with Crippen LogP contribution in [0.5, 0.6) is 5.88 Å². The van der Waals surface area contributed by atoms with Crippen molar-refractivity contribution in [3.05, 3.63) is 46.0 Å². The van der Waals surface area contributed by atoms with Crippen molar-refractivity contribution in [2.45, 2.75) is 0 Å². The third kappa shape index (κ3) is 1.40. The minimum Gasteiger partial charge on any atom is -0.493 e. The van der Waals surface area contributed by atoms with E-state index in [0.717, 1.165) is 0 Å². The predicted molar refractivity (Wildman–Crippen MR) is 53.1 cm³/mol. The fraction of sp³-hybridized carbons (Fsp3) is 0. The van der Waals surface area contributed by atoms with E-state index in [9.17, 15) is 4.79 Å². The van der Waals surface area contributed by atoms with Gasteiger partial charge < -0.3 is 5.11 Å². The molecule has 2 N–H and O–H groups in total. The Morgan fingerprint density at radius 3 is 2.64 bits per heavy atom. The minimum absolute atomic E-state index is 0.185. The van der Waals surface area contributed by atoms with Gasteiger partial charge in [-0.15, -0.1) is 0 Å². The maximum atomic E-state index is 11.3. The summed E-state index contributed by atoms with van der Waals surface area (Å²) in [5.41, 5.74) is 0.117. The highest BCUT2D eigenvalue weighted by molar-refractivity contribution is 6.32. The molecule has 0 saturated carbocycles. The monoisotopic (exact) mass is 210 g/mol. The summed E-state index contributed by atoms with van der Waals surface area (Å²) >= 11 is 5.88. The van der Waals surface area contributed by atoms with Gasteiger partial charge in [-0.3, -0.25) is 9.55 Å². The Bertz CT molecular complexity index is 516. The molecule has 0 radical (unpaired) electrons. The highest BCUT2D eigenvalue weighted by Gasteiger charge is 2.06. The van der Waals surface area contributed by atoms with Crippen LogP contribution in [0, 0.1) is 0 Å². The van der Waals surface area contributed by atoms with E-state index < -0.39 is 5.69 Å². The topological polar surface area (TPSA) is 58.0 Å². The number of halogens is 1. The van der Waals surface area contributed by atoms with Gasteiger partial charge in [0.15, 0.2) is 0 Å². The third-order valence-electron chi connectivity index (χ3n) is 1.82. The number of benzene rings is 1. The zero-order valence-electron chi connectivity index (χ0n) is 7.07. The number of para-hydroxylation sites is 1. The molecule has 72 valence electrons. The number of aromatic nitrogens is 2. The number of H-pyrrole nitrogens is 1. The lowest BCUT2D eigenvalue weighted by Gasteiger charge is -2.01. The summed E-state index contributed by atoms with van der Waals surface area (Å²) < 4.78 is 1.25. The molecule has 0 unspecified atom stereocenters. The predicted octanol–water partition coefficient (Wildman–Crippen LogP) is 1.52. The highest BCUT2D eigenvalue weighted by atomic mass is 35.5. The number of nitrogens with zero attached hydrogens (tertiary/aromatic N) is 1. The van der Waals surface area contributed by atoms with Crippen molar-refractivity contribution >= 4 is 11.6 Å². The first-order valence-electron chi connectivity index (χ1n) is 3.94. The molecule has 1 heterocycles. The van der Waals surface area contributed by atoms with Crippen LogP contribution in [0.3, 0.4) is 0 Å². The van der Waals surface area contributed by atoms with Gasteiger partial charge in [0.1, 0.15) is 0 Å². The van der Waals surface area contributed by atoms with Gasteiger partial charge >= 0.3 is 5.69 Å². The second-order valence-electron chi connectivity index (χ2n) is 2.77. The Kier molecular flexibility index (Phi) is 2.05. The molecule has 0 aliphatic heterocycles. The molecule has 0 bridgehead atoms. The quantitative estimate of drug-likeness (QED) is 0.750. The second kappa shape index (κ2) is 3.23. The Morgan fingerprint density at radius 1 is 1.36 bits per heavy atom. The Morgan fingerprint density at radius 2 is 2.07 bits per heavy atom. The molecule has 0 saturated heterocycles. The van der Waals surface area contributed by atoms with Gasteiger partial charge in [0.05, 0.1) is 16.9 Å². The van der Waals surface area contributed by atoms with Gasteiger partial charge in [0.2, 0.25) is 5.88 Å². The van der Waals surface area contributed by atoms with E-state index in [1.807, 2.05) is 0 Å². The van der Waals surface area contributed by atoms with Crippen molar-refractivity contribution in [2.75, 3.05) is 0 Å². The standard InChI is InChI=1S/C9H7ClN2O2/c10-6-3-1-2-4-7(6)12-5-8(13)11-9(12)14/h1-5,13H,(H,11,14).